The third kappa shape index (κ3) is 3.54. The molecule has 4 N–H and O–H groups in total. The summed E-state index contributed by atoms with van der Waals surface area (Å²) >= 11 is 0. The van der Waals surface area contributed by atoms with Crippen molar-refractivity contribution in [1.82, 2.24) is 9.97 Å². The zero-order valence-corrected chi connectivity index (χ0v) is 10.4. The fraction of sp³-hybridized carbons (Fsp3) is 0.154. The molecule has 0 unspecified atom stereocenters. The van der Waals surface area contributed by atoms with Crippen LogP contribution in [0.1, 0.15) is 5.56 Å². The first-order valence-electron chi connectivity index (χ1n) is 5.83. The van der Waals surface area contributed by atoms with E-state index in [2.05, 4.69) is 27.5 Å². The molecule has 0 aliphatic rings. The number of benzene rings is 1. The van der Waals surface area contributed by atoms with Crippen LogP contribution >= 0.6 is 0 Å². The van der Waals surface area contributed by atoms with Gasteiger partial charge in [0.1, 0.15) is 5.82 Å². The summed E-state index contributed by atoms with van der Waals surface area (Å²) in [6.45, 7) is 4.58. The van der Waals surface area contributed by atoms with Crippen molar-refractivity contribution >= 4 is 17.5 Å². The number of anilines is 3. The molecule has 0 bridgehead atoms. The Morgan fingerprint density at radius 3 is 2.89 bits per heavy atom. The third-order valence-corrected chi connectivity index (χ3v) is 2.45. The number of nitrogens with two attached hydrogens (primary N) is 1. The minimum absolute atomic E-state index is 0.267. The van der Waals surface area contributed by atoms with E-state index in [1.54, 1.807) is 6.07 Å². The van der Waals surface area contributed by atoms with Crippen molar-refractivity contribution in [2.45, 2.75) is 6.54 Å². The van der Waals surface area contributed by atoms with E-state index in [0.717, 1.165) is 5.56 Å². The average Bonchev–Trinajstić information content (AvgIpc) is 2.40. The first-order chi connectivity index (χ1) is 9.19. The zero-order valence-electron chi connectivity index (χ0n) is 10.4. The van der Waals surface area contributed by atoms with Crippen LogP contribution in [0, 0.1) is 12.7 Å². The van der Waals surface area contributed by atoms with E-state index >= 15 is 0 Å². The molecule has 0 spiro atoms. The minimum Gasteiger partial charge on any atom is -0.394 e. The van der Waals surface area contributed by atoms with Crippen LogP contribution in [0.25, 0.3) is 0 Å². The molecule has 1 aromatic heterocycles. The fourth-order valence-electron chi connectivity index (χ4n) is 1.56. The van der Waals surface area contributed by atoms with Gasteiger partial charge in [-0.05, 0) is 24.6 Å². The second-order valence-corrected chi connectivity index (χ2v) is 3.91. The van der Waals surface area contributed by atoms with E-state index in [9.17, 15) is 4.39 Å². The molecule has 1 aromatic carbocycles. The summed E-state index contributed by atoms with van der Waals surface area (Å²) < 4.78 is 13.0. The summed E-state index contributed by atoms with van der Waals surface area (Å²) in [5.41, 5.74) is 6.98. The summed E-state index contributed by atoms with van der Waals surface area (Å²) in [6, 6.07) is 6.34. The predicted octanol–water partition coefficient (Wildman–Crippen LogP) is 2.06. The maximum absolute atomic E-state index is 13.0. The summed E-state index contributed by atoms with van der Waals surface area (Å²) in [4.78, 5) is 8.26. The molecule has 5 nitrogen and oxygen atoms in total. The molecule has 2 aromatic rings. The normalized spacial score (nSPS) is 10.2. The molecular weight excluding hydrogens is 245 g/mol. The van der Waals surface area contributed by atoms with Crippen LogP contribution in [0.4, 0.5) is 21.8 Å². The van der Waals surface area contributed by atoms with Gasteiger partial charge in [-0.3, -0.25) is 0 Å². The minimum atomic E-state index is -0.267. The molecule has 0 aliphatic carbocycles. The number of nitrogens with one attached hydrogen (secondary N) is 2. The van der Waals surface area contributed by atoms with E-state index < -0.39 is 0 Å². The number of halogens is 1. The predicted molar refractivity (Wildman–Crippen MR) is 74.0 cm³/mol. The second-order valence-electron chi connectivity index (χ2n) is 3.91. The number of hydrogen-bond donors (Lipinski definition) is 3. The van der Waals surface area contributed by atoms with Crippen LogP contribution in [0.5, 0.6) is 0 Å². The molecule has 1 heterocycles. The molecule has 0 saturated heterocycles. The lowest BCUT2D eigenvalue weighted by Crippen LogP contribution is -2.09. The van der Waals surface area contributed by atoms with Gasteiger partial charge in [-0.2, -0.15) is 4.98 Å². The molecule has 0 saturated carbocycles. The molecule has 0 amide bonds. The highest BCUT2D eigenvalue weighted by molar-refractivity contribution is 5.61. The van der Waals surface area contributed by atoms with Gasteiger partial charge in [0.25, 0.3) is 0 Å². The van der Waals surface area contributed by atoms with Crippen molar-refractivity contribution in [2.24, 2.45) is 0 Å². The maximum Gasteiger partial charge on any atom is 0.225 e. The topological polar surface area (TPSA) is 75.9 Å². The van der Waals surface area contributed by atoms with E-state index in [4.69, 9.17) is 5.73 Å². The largest absolute Gasteiger partial charge is 0.394 e. The number of hydrogen-bond acceptors (Lipinski definition) is 5. The van der Waals surface area contributed by atoms with Crippen LogP contribution in [0.3, 0.4) is 0 Å². The maximum atomic E-state index is 13.0. The Kier molecular flexibility index (Phi) is 4.12. The first kappa shape index (κ1) is 13.1. The third-order valence-electron chi connectivity index (χ3n) is 2.45. The van der Waals surface area contributed by atoms with E-state index in [0.29, 0.717) is 30.5 Å². The van der Waals surface area contributed by atoms with Crippen LogP contribution in [-0.4, -0.2) is 16.5 Å². The molecule has 99 valence electrons. The molecule has 1 radical (unpaired) electrons. The molecule has 19 heavy (non-hydrogen) atoms. The first-order valence-corrected chi connectivity index (χ1v) is 5.83. The summed E-state index contributed by atoms with van der Waals surface area (Å²) in [5, 5.41) is 5.95. The van der Waals surface area contributed by atoms with E-state index in [1.807, 2.05) is 6.07 Å². The van der Waals surface area contributed by atoms with Gasteiger partial charge in [0.05, 0.1) is 11.9 Å². The van der Waals surface area contributed by atoms with Crippen molar-refractivity contribution in [3.8, 4) is 0 Å². The Hall–Kier alpha value is -2.37. The van der Waals surface area contributed by atoms with Crippen LogP contribution in [0.15, 0.2) is 30.5 Å². The monoisotopic (exact) mass is 260 g/mol. The van der Waals surface area contributed by atoms with Crippen molar-refractivity contribution in [1.29, 1.82) is 0 Å². The second kappa shape index (κ2) is 5.99. The van der Waals surface area contributed by atoms with Gasteiger partial charge in [-0.1, -0.05) is 12.1 Å². The summed E-state index contributed by atoms with van der Waals surface area (Å²) in [6.07, 6.45) is 1.51. The lowest BCUT2D eigenvalue weighted by atomic mass is 10.2. The molecule has 6 heteroatoms. The molecule has 0 atom stereocenters. The van der Waals surface area contributed by atoms with Gasteiger partial charge in [0.2, 0.25) is 5.95 Å². The molecule has 2 rings (SSSR count). The van der Waals surface area contributed by atoms with Gasteiger partial charge >= 0.3 is 0 Å². The van der Waals surface area contributed by atoms with Crippen molar-refractivity contribution in [3.05, 3.63) is 48.8 Å². The van der Waals surface area contributed by atoms with Gasteiger partial charge in [-0.15, -0.1) is 0 Å². The smallest absolute Gasteiger partial charge is 0.225 e. The highest BCUT2D eigenvalue weighted by Gasteiger charge is 2.03. The van der Waals surface area contributed by atoms with Gasteiger partial charge < -0.3 is 16.4 Å². The van der Waals surface area contributed by atoms with E-state index in [1.165, 1.54) is 18.3 Å². The number of nitrogens with zero attached hydrogens (tertiary/aromatic N) is 2. The Balaban J connectivity index is 2.05. The average molecular weight is 260 g/mol. The zero-order chi connectivity index (χ0) is 13.7. The number of nitrogen functional groups attached to an aromatic ring is 1. The van der Waals surface area contributed by atoms with Crippen LogP contribution in [-0.2, 0) is 6.54 Å². The van der Waals surface area contributed by atoms with Crippen LogP contribution in [0.2, 0.25) is 0 Å². The Morgan fingerprint density at radius 2 is 2.16 bits per heavy atom. The summed E-state index contributed by atoms with van der Waals surface area (Å²) in [7, 11) is 0. The highest BCUT2D eigenvalue weighted by atomic mass is 19.1. The standard InChI is InChI=1S/C13H15FN5/c1-2-16-12-11(15)8-18-13(19-12)17-7-9-4-3-5-10(14)6-9/h3-6,8H,1-2,7,15H2,(H2,16,17,18,19). The molecule has 0 fully saturated rings. The lowest BCUT2D eigenvalue weighted by molar-refractivity contribution is 0.626. The Labute approximate surface area is 111 Å². The number of rotatable bonds is 5. The summed E-state index contributed by atoms with van der Waals surface area (Å²) in [5.74, 6) is 0.693. The van der Waals surface area contributed by atoms with E-state index in [-0.39, 0.29) is 5.82 Å². The molecule has 0 aliphatic heterocycles. The van der Waals surface area contributed by atoms with Crippen molar-refractivity contribution < 1.29 is 4.39 Å². The quantitative estimate of drug-likeness (QED) is 0.767. The number of aromatic nitrogens is 2. The van der Waals surface area contributed by atoms with Crippen LogP contribution < -0.4 is 16.4 Å². The van der Waals surface area contributed by atoms with Crippen molar-refractivity contribution in [3.63, 3.8) is 0 Å². The van der Waals surface area contributed by atoms with Gasteiger partial charge in [0.15, 0.2) is 5.82 Å². The molecular formula is C13H15FN5. The Bertz CT molecular complexity index is 558. The lowest BCUT2D eigenvalue weighted by Gasteiger charge is -2.09. The Morgan fingerprint density at radius 1 is 1.32 bits per heavy atom. The van der Waals surface area contributed by atoms with Crippen molar-refractivity contribution in [2.75, 3.05) is 22.9 Å². The SMILES string of the molecule is [CH2]CNc1nc(NCc2cccc(F)c2)ncc1N. The fourth-order valence-corrected chi connectivity index (χ4v) is 1.56. The van der Waals surface area contributed by atoms with Gasteiger partial charge in [-0.25, -0.2) is 9.37 Å². The van der Waals surface area contributed by atoms with Gasteiger partial charge in [0, 0.05) is 13.1 Å². The highest BCUT2D eigenvalue weighted by Crippen LogP contribution is 2.15.